The highest BCUT2D eigenvalue weighted by molar-refractivity contribution is 5.89. The van der Waals surface area contributed by atoms with Crippen LogP contribution in [-0.2, 0) is 9.47 Å². The molecule has 1 aliphatic heterocycles. The summed E-state index contributed by atoms with van der Waals surface area (Å²) in [5.74, 6) is -0.583. The van der Waals surface area contributed by atoms with Gasteiger partial charge in [-0.05, 0) is 25.5 Å². The highest BCUT2D eigenvalue weighted by atomic mass is 16.6. The minimum atomic E-state index is -1.14. The van der Waals surface area contributed by atoms with Gasteiger partial charge < -0.3 is 25.1 Å². The summed E-state index contributed by atoms with van der Waals surface area (Å²) in [6.45, 7) is 7.44. The minimum Gasteiger partial charge on any atom is -0.476 e. The number of fused-ring (bicyclic) bond motifs is 1. The maximum atomic E-state index is 12.9. The number of nitrogens with zero attached hydrogens (tertiary/aromatic N) is 4. The molecule has 1 aliphatic rings. The normalized spacial score (nSPS) is 24.6. The molecule has 10 nitrogen and oxygen atoms in total. The van der Waals surface area contributed by atoms with Gasteiger partial charge in [0.15, 0.2) is 23.0 Å². The molecule has 174 valence electrons. The lowest BCUT2D eigenvalue weighted by molar-refractivity contribution is -0.0975. The molecule has 0 bridgehead atoms. The number of hydrogen-bond acceptors (Lipinski definition) is 9. The average molecular weight is 453 g/mol. The average Bonchev–Trinajstić information content (AvgIpc) is 3.33. The van der Waals surface area contributed by atoms with Gasteiger partial charge in [0.05, 0.1) is 31.2 Å². The highest BCUT2D eigenvalue weighted by Crippen LogP contribution is 2.46. The zero-order chi connectivity index (χ0) is 23.6. The summed E-state index contributed by atoms with van der Waals surface area (Å²) in [6.07, 6.45) is 2.49. The smallest absolute Gasteiger partial charge is 0.338 e. The van der Waals surface area contributed by atoms with Gasteiger partial charge in [-0.1, -0.05) is 31.2 Å². The lowest BCUT2D eigenvalue weighted by atomic mass is 9.87. The van der Waals surface area contributed by atoms with Crippen LogP contribution in [0, 0.1) is 5.92 Å². The molecule has 1 aromatic carbocycles. The van der Waals surface area contributed by atoms with Crippen LogP contribution < -0.4 is 10.5 Å². The Morgan fingerprint density at radius 2 is 2.12 bits per heavy atom. The van der Waals surface area contributed by atoms with Crippen LogP contribution in [0.2, 0.25) is 0 Å². The second-order valence-corrected chi connectivity index (χ2v) is 8.07. The number of benzene rings is 1. The van der Waals surface area contributed by atoms with E-state index >= 15 is 0 Å². The number of imidazole rings is 1. The molecule has 3 heterocycles. The number of hydrogen-bond donors (Lipinski definition) is 2. The molecule has 0 amide bonds. The van der Waals surface area contributed by atoms with Gasteiger partial charge >= 0.3 is 5.97 Å². The molecular weight excluding hydrogens is 426 g/mol. The van der Waals surface area contributed by atoms with Crippen molar-refractivity contribution in [1.29, 1.82) is 0 Å². The first-order valence-corrected chi connectivity index (χ1v) is 10.7. The van der Waals surface area contributed by atoms with Gasteiger partial charge in [0.2, 0.25) is 11.8 Å². The lowest BCUT2D eigenvalue weighted by Gasteiger charge is -2.33. The van der Waals surface area contributed by atoms with Gasteiger partial charge in [-0.3, -0.25) is 4.57 Å². The van der Waals surface area contributed by atoms with E-state index in [1.165, 1.54) is 6.33 Å². The number of rotatable bonds is 8. The van der Waals surface area contributed by atoms with E-state index in [2.05, 4.69) is 21.5 Å². The largest absolute Gasteiger partial charge is 0.476 e. The molecule has 1 saturated heterocycles. The predicted octanol–water partition coefficient (Wildman–Crippen LogP) is 2.50. The van der Waals surface area contributed by atoms with Gasteiger partial charge in [-0.25, -0.2) is 9.78 Å². The third-order valence-corrected chi connectivity index (χ3v) is 5.98. The molecule has 4 rings (SSSR count). The third kappa shape index (κ3) is 4.14. The summed E-state index contributed by atoms with van der Waals surface area (Å²) >= 11 is 0. The standard InChI is InChI=1S/C23H27N5O5/c1-4-5-11-31-19-17-18(26-22(24)27-19)28(13-25-17)21-23(3,14(2)16(12-29)32-21)33-20(30)15-9-7-6-8-10-15/h4,6-10,13-14,16,21,29H,1,5,11-12H2,2-3H3,(H2,24,26,27)/t14-,16?,21?,23-/m1/s1. The van der Waals surface area contributed by atoms with Crippen molar-refractivity contribution in [2.24, 2.45) is 5.92 Å². The first kappa shape index (κ1) is 22.7. The Bertz CT molecular complexity index is 1150. The van der Waals surface area contributed by atoms with Crippen LogP contribution in [-0.4, -0.2) is 55.5 Å². The Morgan fingerprint density at radius 3 is 2.82 bits per heavy atom. The van der Waals surface area contributed by atoms with Crippen molar-refractivity contribution in [2.75, 3.05) is 18.9 Å². The van der Waals surface area contributed by atoms with Crippen LogP contribution >= 0.6 is 0 Å². The zero-order valence-electron chi connectivity index (χ0n) is 18.5. The van der Waals surface area contributed by atoms with Crippen LogP contribution in [0.1, 0.15) is 36.9 Å². The molecular formula is C23H27N5O5. The predicted molar refractivity (Wildman–Crippen MR) is 120 cm³/mol. The number of aliphatic hydroxyl groups is 1. The SMILES string of the molecule is C=CCCOc1nc(N)nc2c1ncn2C1OC(CO)[C@@H](C)[C@@]1(C)OC(=O)c1ccccc1. The topological polar surface area (TPSA) is 135 Å². The quantitative estimate of drug-likeness (QED) is 0.300. The minimum absolute atomic E-state index is 0.00518. The Balaban J connectivity index is 1.74. The van der Waals surface area contributed by atoms with Crippen LogP contribution in [0.25, 0.3) is 11.2 Å². The summed E-state index contributed by atoms with van der Waals surface area (Å²) in [5, 5.41) is 9.89. The van der Waals surface area contributed by atoms with E-state index in [0.717, 1.165) is 0 Å². The van der Waals surface area contributed by atoms with Crippen molar-refractivity contribution in [1.82, 2.24) is 19.5 Å². The molecule has 4 atom stereocenters. The second-order valence-electron chi connectivity index (χ2n) is 8.07. The number of nitrogens with two attached hydrogens (primary N) is 1. The molecule has 0 aliphatic carbocycles. The van der Waals surface area contributed by atoms with E-state index in [9.17, 15) is 9.90 Å². The Hall–Kier alpha value is -3.50. The summed E-state index contributed by atoms with van der Waals surface area (Å²) in [5.41, 5.74) is 5.97. The van der Waals surface area contributed by atoms with E-state index in [4.69, 9.17) is 19.9 Å². The third-order valence-electron chi connectivity index (χ3n) is 5.98. The van der Waals surface area contributed by atoms with Crippen LogP contribution in [0.4, 0.5) is 5.95 Å². The van der Waals surface area contributed by atoms with E-state index in [1.807, 2.05) is 13.0 Å². The molecule has 2 aromatic heterocycles. The maximum absolute atomic E-state index is 12.9. The molecule has 0 radical (unpaired) electrons. The molecule has 33 heavy (non-hydrogen) atoms. The maximum Gasteiger partial charge on any atom is 0.338 e. The first-order valence-electron chi connectivity index (χ1n) is 10.7. The fourth-order valence-electron chi connectivity index (χ4n) is 3.95. The number of aliphatic hydroxyl groups excluding tert-OH is 1. The van der Waals surface area contributed by atoms with Gasteiger partial charge in [-0.2, -0.15) is 9.97 Å². The fraction of sp³-hybridized carbons (Fsp3) is 0.391. The highest BCUT2D eigenvalue weighted by Gasteiger charge is 2.55. The number of anilines is 1. The van der Waals surface area contributed by atoms with Gasteiger partial charge in [0.1, 0.15) is 0 Å². The fourth-order valence-corrected chi connectivity index (χ4v) is 3.95. The molecule has 0 spiro atoms. The Labute approximate surface area is 191 Å². The summed E-state index contributed by atoms with van der Waals surface area (Å²) in [6, 6.07) is 8.70. The molecule has 2 unspecified atom stereocenters. The van der Waals surface area contributed by atoms with E-state index in [0.29, 0.717) is 29.8 Å². The van der Waals surface area contributed by atoms with Gasteiger partial charge in [-0.15, -0.1) is 6.58 Å². The van der Waals surface area contributed by atoms with E-state index in [-0.39, 0.29) is 24.4 Å². The Morgan fingerprint density at radius 1 is 1.36 bits per heavy atom. The van der Waals surface area contributed by atoms with E-state index in [1.54, 1.807) is 41.8 Å². The lowest BCUT2D eigenvalue weighted by Crippen LogP contribution is -2.43. The summed E-state index contributed by atoms with van der Waals surface area (Å²) in [7, 11) is 0. The number of esters is 1. The van der Waals surface area contributed by atoms with Crippen LogP contribution in [0.3, 0.4) is 0 Å². The summed E-state index contributed by atoms with van der Waals surface area (Å²) in [4.78, 5) is 25.8. The number of aromatic nitrogens is 4. The van der Waals surface area contributed by atoms with E-state index < -0.39 is 23.9 Å². The van der Waals surface area contributed by atoms with Crippen molar-refractivity contribution >= 4 is 23.1 Å². The number of nitrogen functional groups attached to an aromatic ring is 1. The van der Waals surface area contributed by atoms with Gasteiger partial charge in [0.25, 0.3) is 0 Å². The number of ether oxygens (including phenoxy) is 3. The van der Waals surface area contributed by atoms with Crippen LogP contribution in [0.5, 0.6) is 5.88 Å². The summed E-state index contributed by atoms with van der Waals surface area (Å²) < 4.78 is 19.5. The van der Waals surface area contributed by atoms with Crippen molar-refractivity contribution in [3.63, 3.8) is 0 Å². The first-order chi connectivity index (χ1) is 15.9. The molecule has 1 fully saturated rings. The van der Waals surface area contributed by atoms with Crippen molar-refractivity contribution in [3.05, 3.63) is 54.9 Å². The van der Waals surface area contributed by atoms with Crippen LogP contribution in [0.15, 0.2) is 49.3 Å². The second kappa shape index (κ2) is 9.16. The van der Waals surface area contributed by atoms with Crippen molar-refractivity contribution in [3.8, 4) is 5.88 Å². The van der Waals surface area contributed by atoms with Crippen molar-refractivity contribution in [2.45, 2.75) is 38.2 Å². The van der Waals surface area contributed by atoms with Gasteiger partial charge in [0, 0.05) is 5.92 Å². The molecule has 3 N–H and O–H groups in total. The van der Waals surface area contributed by atoms with Crippen molar-refractivity contribution < 1.29 is 24.1 Å². The molecule has 3 aromatic rings. The number of carbonyl (C=O) groups is 1. The zero-order valence-corrected chi connectivity index (χ0v) is 18.5. The number of carbonyl (C=O) groups excluding carboxylic acids is 1. The monoisotopic (exact) mass is 453 g/mol. The molecule has 10 heteroatoms. The molecule has 0 saturated carbocycles. The Kier molecular flexibility index (Phi) is 6.30.